The van der Waals surface area contributed by atoms with E-state index in [2.05, 4.69) is 57.1 Å². The molecular formula is C33H43N5O3. The summed E-state index contributed by atoms with van der Waals surface area (Å²) in [7, 11) is 2.13. The second-order valence-electron chi connectivity index (χ2n) is 11.9. The lowest BCUT2D eigenvalue weighted by Gasteiger charge is -2.32. The van der Waals surface area contributed by atoms with Gasteiger partial charge in [-0.15, -0.1) is 0 Å². The van der Waals surface area contributed by atoms with Gasteiger partial charge in [-0.3, -0.25) is 14.5 Å². The van der Waals surface area contributed by atoms with Gasteiger partial charge in [-0.05, 0) is 49.1 Å². The molecule has 0 radical (unpaired) electrons. The summed E-state index contributed by atoms with van der Waals surface area (Å²) in [6.07, 6.45) is 6.05. The van der Waals surface area contributed by atoms with Gasteiger partial charge in [0, 0.05) is 50.2 Å². The van der Waals surface area contributed by atoms with E-state index in [4.69, 9.17) is 4.74 Å². The average molecular weight is 558 g/mol. The van der Waals surface area contributed by atoms with E-state index in [1.54, 1.807) is 0 Å². The number of ether oxygens (including phenoxy) is 1. The fourth-order valence-corrected chi connectivity index (χ4v) is 6.73. The molecule has 2 aromatic carbocycles. The molecule has 3 heterocycles. The topological polar surface area (TPSA) is 70.0 Å². The molecule has 2 amide bonds. The summed E-state index contributed by atoms with van der Waals surface area (Å²) in [4.78, 5) is 33.6. The number of hydrogen-bond acceptors (Lipinski definition) is 5. The predicted molar refractivity (Wildman–Crippen MR) is 162 cm³/mol. The van der Waals surface area contributed by atoms with Gasteiger partial charge in [-0.1, -0.05) is 55.7 Å². The number of hydrogen-bond donors (Lipinski definition) is 1. The van der Waals surface area contributed by atoms with Crippen LogP contribution in [0, 0.1) is 0 Å². The van der Waals surface area contributed by atoms with Gasteiger partial charge < -0.3 is 24.4 Å². The lowest BCUT2D eigenvalue weighted by molar-refractivity contribution is -0.135. The van der Waals surface area contributed by atoms with E-state index >= 15 is 0 Å². The average Bonchev–Trinajstić information content (AvgIpc) is 3.35. The first kappa shape index (κ1) is 27.9. The van der Waals surface area contributed by atoms with Gasteiger partial charge in [0.2, 0.25) is 5.91 Å². The third-order valence-electron chi connectivity index (χ3n) is 9.14. The molecule has 6 rings (SSSR count). The van der Waals surface area contributed by atoms with Crippen molar-refractivity contribution < 1.29 is 14.3 Å². The quantitative estimate of drug-likeness (QED) is 0.473. The first-order valence-corrected chi connectivity index (χ1v) is 15.3. The highest BCUT2D eigenvalue weighted by atomic mass is 16.5. The number of likely N-dealkylation sites (N-methyl/N-ethyl adjacent to an activating group) is 1. The molecule has 218 valence electrons. The molecule has 1 aliphatic carbocycles. The Hall–Kier alpha value is -3.20. The summed E-state index contributed by atoms with van der Waals surface area (Å²) in [6, 6.07) is 16.6. The maximum Gasteiger partial charge on any atom is 0.252 e. The van der Waals surface area contributed by atoms with Crippen molar-refractivity contribution in [2.24, 2.45) is 0 Å². The number of benzene rings is 2. The van der Waals surface area contributed by atoms with E-state index in [0.29, 0.717) is 44.5 Å². The number of fused-ring (bicyclic) bond motifs is 1. The van der Waals surface area contributed by atoms with Gasteiger partial charge in [0.15, 0.2) is 0 Å². The van der Waals surface area contributed by atoms with E-state index in [1.807, 2.05) is 23.1 Å². The number of piperazine rings is 1. The zero-order valence-electron chi connectivity index (χ0n) is 24.3. The smallest absolute Gasteiger partial charge is 0.252 e. The summed E-state index contributed by atoms with van der Waals surface area (Å²) in [5.41, 5.74) is 5.20. The highest BCUT2D eigenvalue weighted by Crippen LogP contribution is 2.44. The summed E-state index contributed by atoms with van der Waals surface area (Å²) in [6.45, 7) is 7.12. The normalized spacial score (nSPS) is 19.5. The van der Waals surface area contributed by atoms with Crippen LogP contribution >= 0.6 is 0 Å². The molecule has 3 fully saturated rings. The van der Waals surface area contributed by atoms with Gasteiger partial charge in [-0.25, -0.2) is 0 Å². The van der Waals surface area contributed by atoms with Crippen molar-refractivity contribution in [3.63, 3.8) is 0 Å². The minimum atomic E-state index is -0.0708. The van der Waals surface area contributed by atoms with E-state index in [0.717, 1.165) is 55.8 Å². The summed E-state index contributed by atoms with van der Waals surface area (Å²) in [5.74, 6) is 0.471. The SMILES string of the molecule is CN1CCN(CNC(=O)c2ccc3c(C4CCCCC4)c(-c4ccccc4)n(CC(=O)N4CCOCC4)c3c2)CC1. The van der Waals surface area contributed by atoms with Crippen LogP contribution in [0.1, 0.15) is 53.9 Å². The number of rotatable bonds is 7. The highest BCUT2D eigenvalue weighted by molar-refractivity contribution is 6.01. The van der Waals surface area contributed by atoms with E-state index in [-0.39, 0.29) is 18.4 Å². The van der Waals surface area contributed by atoms with Crippen LogP contribution in [0.3, 0.4) is 0 Å². The number of nitrogens with zero attached hydrogens (tertiary/aromatic N) is 4. The van der Waals surface area contributed by atoms with Crippen molar-refractivity contribution >= 4 is 22.7 Å². The third-order valence-corrected chi connectivity index (χ3v) is 9.14. The van der Waals surface area contributed by atoms with Crippen LogP contribution in [0.25, 0.3) is 22.2 Å². The standard InChI is InChI=1S/C33H43N5O3/c1-35-14-16-36(17-15-35)24-34-33(40)27-12-13-28-29(22-27)38(23-30(39)37-18-20-41-21-19-37)32(26-10-6-3-7-11-26)31(28)25-8-4-2-5-9-25/h3,6-7,10-13,22,25H,2,4-5,8-9,14-21,23-24H2,1H3,(H,34,40). The number of nitrogens with one attached hydrogen (secondary N) is 1. The fourth-order valence-electron chi connectivity index (χ4n) is 6.73. The Morgan fingerprint density at radius 3 is 2.37 bits per heavy atom. The van der Waals surface area contributed by atoms with Crippen molar-refractivity contribution in [2.45, 2.75) is 44.6 Å². The molecule has 3 aromatic rings. The summed E-state index contributed by atoms with van der Waals surface area (Å²) in [5, 5.41) is 4.31. The number of aromatic nitrogens is 1. The van der Waals surface area contributed by atoms with Gasteiger partial charge in [0.05, 0.1) is 31.1 Å². The lowest BCUT2D eigenvalue weighted by Crippen LogP contribution is -2.48. The number of morpholine rings is 1. The lowest BCUT2D eigenvalue weighted by atomic mass is 9.82. The molecule has 8 nitrogen and oxygen atoms in total. The second kappa shape index (κ2) is 12.8. The highest BCUT2D eigenvalue weighted by Gasteiger charge is 2.29. The summed E-state index contributed by atoms with van der Waals surface area (Å²) < 4.78 is 7.71. The van der Waals surface area contributed by atoms with Crippen LogP contribution in [-0.4, -0.2) is 97.3 Å². The van der Waals surface area contributed by atoms with Crippen LogP contribution in [0.4, 0.5) is 0 Å². The Balaban J connectivity index is 1.39. The van der Waals surface area contributed by atoms with Crippen LogP contribution in [0.15, 0.2) is 48.5 Å². The van der Waals surface area contributed by atoms with Crippen molar-refractivity contribution in [1.82, 2.24) is 24.6 Å². The molecule has 1 saturated carbocycles. The molecule has 0 bridgehead atoms. The van der Waals surface area contributed by atoms with Crippen LogP contribution in [-0.2, 0) is 16.1 Å². The predicted octanol–water partition coefficient (Wildman–Crippen LogP) is 4.15. The van der Waals surface area contributed by atoms with Crippen molar-refractivity contribution in [3.05, 3.63) is 59.7 Å². The molecule has 3 aliphatic rings. The maximum absolute atomic E-state index is 13.7. The Bertz CT molecular complexity index is 1350. The second-order valence-corrected chi connectivity index (χ2v) is 11.9. The minimum Gasteiger partial charge on any atom is -0.378 e. The molecule has 0 atom stereocenters. The molecule has 1 N–H and O–H groups in total. The molecule has 41 heavy (non-hydrogen) atoms. The molecule has 0 unspecified atom stereocenters. The van der Waals surface area contributed by atoms with E-state index < -0.39 is 0 Å². The fraction of sp³-hybridized carbons (Fsp3) is 0.515. The number of carbonyl (C=O) groups is 2. The van der Waals surface area contributed by atoms with Gasteiger partial charge >= 0.3 is 0 Å². The largest absolute Gasteiger partial charge is 0.378 e. The number of carbonyl (C=O) groups excluding carboxylic acids is 2. The molecule has 2 saturated heterocycles. The monoisotopic (exact) mass is 557 g/mol. The zero-order valence-corrected chi connectivity index (χ0v) is 24.3. The van der Waals surface area contributed by atoms with Crippen molar-refractivity contribution in [2.75, 3.05) is 66.2 Å². The molecule has 8 heteroatoms. The Morgan fingerprint density at radius 2 is 1.63 bits per heavy atom. The van der Waals surface area contributed by atoms with Crippen molar-refractivity contribution in [3.8, 4) is 11.3 Å². The molecular weight excluding hydrogens is 514 g/mol. The Labute approximate surface area is 243 Å². The summed E-state index contributed by atoms with van der Waals surface area (Å²) >= 11 is 0. The Morgan fingerprint density at radius 1 is 0.902 bits per heavy atom. The van der Waals surface area contributed by atoms with E-state index in [1.165, 1.54) is 30.2 Å². The minimum absolute atomic E-state index is 0.0708. The van der Waals surface area contributed by atoms with Gasteiger partial charge in [-0.2, -0.15) is 0 Å². The van der Waals surface area contributed by atoms with Crippen molar-refractivity contribution in [1.29, 1.82) is 0 Å². The van der Waals surface area contributed by atoms with Crippen LogP contribution < -0.4 is 5.32 Å². The first-order valence-electron chi connectivity index (χ1n) is 15.3. The maximum atomic E-state index is 13.7. The number of amides is 2. The molecule has 2 aliphatic heterocycles. The van der Waals surface area contributed by atoms with Crippen LogP contribution in [0.5, 0.6) is 0 Å². The first-order chi connectivity index (χ1) is 20.1. The van der Waals surface area contributed by atoms with Crippen LogP contribution in [0.2, 0.25) is 0 Å². The zero-order chi connectivity index (χ0) is 28.2. The van der Waals surface area contributed by atoms with Gasteiger partial charge in [0.1, 0.15) is 6.54 Å². The van der Waals surface area contributed by atoms with E-state index in [9.17, 15) is 9.59 Å². The third kappa shape index (κ3) is 6.20. The molecule has 1 aromatic heterocycles. The molecule has 0 spiro atoms. The van der Waals surface area contributed by atoms with Gasteiger partial charge in [0.25, 0.3) is 5.91 Å². The Kier molecular flexibility index (Phi) is 8.70.